The summed E-state index contributed by atoms with van der Waals surface area (Å²) in [5, 5.41) is 9.89. The number of aliphatic hydroxyl groups is 1. The summed E-state index contributed by atoms with van der Waals surface area (Å²) in [6.45, 7) is 2.89. The van der Waals surface area contributed by atoms with Gasteiger partial charge in [-0.3, -0.25) is 0 Å². The summed E-state index contributed by atoms with van der Waals surface area (Å²) < 4.78 is 5.61. The van der Waals surface area contributed by atoms with Gasteiger partial charge < -0.3 is 9.84 Å². The highest BCUT2D eigenvalue weighted by Crippen LogP contribution is 2.36. The van der Waals surface area contributed by atoms with E-state index in [1.54, 1.807) is 0 Å². The molecular weight excluding hydrogens is 200 g/mol. The highest BCUT2D eigenvalue weighted by Gasteiger charge is 2.22. The van der Waals surface area contributed by atoms with Crippen molar-refractivity contribution in [3.05, 3.63) is 29.8 Å². The fraction of sp³-hybridized carbons (Fsp3) is 0.571. The number of para-hydroxylation sites is 1. The Balaban J connectivity index is 2.07. The van der Waals surface area contributed by atoms with E-state index in [0.717, 1.165) is 38.0 Å². The van der Waals surface area contributed by atoms with Crippen LogP contribution in [0.25, 0.3) is 0 Å². The third-order valence-electron chi connectivity index (χ3n) is 3.26. The van der Waals surface area contributed by atoms with Crippen molar-refractivity contribution < 1.29 is 9.84 Å². The first-order valence-corrected chi connectivity index (χ1v) is 6.21. The minimum Gasteiger partial charge on any atom is -0.493 e. The van der Waals surface area contributed by atoms with E-state index in [4.69, 9.17) is 4.74 Å². The largest absolute Gasteiger partial charge is 0.493 e. The Morgan fingerprint density at radius 3 is 3.06 bits per heavy atom. The first kappa shape index (κ1) is 11.5. The van der Waals surface area contributed by atoms with Crippen molar-refractivity contribution in [1.29, 1.82) is 0 Å². The molecule has 88 valence electrons. The Bertz CT molecular complexity index is 335. The van der Waals surface area contributed by atoms with Crippen LogP contribution in [-0.4, -0.2) is 17.8 Å². The minimum atomic E-state index is -0.166. The molecule has 0 saturated carbocycles. The average Bonchev–Trinajstić information content (AvgIpc) is 2.30. The summed E-state index contributed by atoms with van der Waals surface area (Å²) >= 11 is 0. The molecule has 0 bridgehead atoms. The maximum absolute atomic E-state index is 9.89. The van der Waals surface area contributed by atoms with E-state index >= 15 is 0 Å². The first-order valence-electron chi connectivity index (χ1n) is 6.21. The molecule has 1 aromatic carbocycles. The Hall–Kier alpha value is -1.02. The smallest absolute Gasteiger partial charge is 0.122 e. The summed E-state index contributed by atoms with van der Waals surface area (Å²) in [7, 11) is 0. The number of hydrogen-bond acceptors (Lipinski definition) is 2. The van der Waals surface area contributed by atoms with Crippen molar-refractivity contribution in [3.63, 3.8) is 0 Å². The summed E-state index contributed by atoms with van der Waals surface area (Å²) in [6, 6.07) is 8.20. The van der Waals surface area contributed by atoms with Gasteiger partial charge in [-0.25, -0.2) is 0 Å². The molecule has 2 heteroatoms. The van der Waals surface area contributed by atoms with Crippen molar-refractivity contribution in [3.8, 4) is 5.75 Å². The van der Waals surface area contributed by atoms with E-state index in [0.29, 0.717) is 5.92 Å². The van der Waals surface area contributed by atoms with Crippen molar-refractivity contribution in [1.82, 2.24) is 0 Å². The summed E-state index contributed by atoms with van der Waals surface area (Å²) in [5.74, 6) is 1.47. The Morgan fingerprint density at radius 2 is 2.25 bits per heavy atom. The molecule has 0 fully saturated rings. The lowest BCUT2D eigenvalue weighted by Crippen LogP contribution is -2.19. The zero-order chi connectivity index (χ0) is 11.4. The maximum atomic E-state index is 9.89. The molecule has 0 saturated heterocycles. The van der Waals surface area contributed by atoms with Crippen LogP contribution in [0.15, 0.2) is 24.3 Å². The third-order valence-corrected chi connectivity index (χ3v) is 3.26. The highest BCUT2D eigenvalue weighted by atomic mass is 16.5. The number of ether oxygens (including phenoxy) is 1. The molecule has 0 aromatic heterocycles. The lowest BCUT2D eigenvalue weighted by Gasteiger charge is -2.27. The van der Waals surface area contributed by atoms with Crippen LogP contribution in [0.5, 0.6) is 5.75 Å². The molecule has 1 aliphatic heterocycles. The van der Waals surface area contributed by atoms with Gasteiger partial charge in [0.25, 0.3) is 0 Å². The fourth-order valence-electron chi connectivity index (χ4n) is 2.44. The second kappa shape index (κ2) is 5.35. The maximum Gasteiger partial charge on any atom is 0.122 e. The molecule has 2 nitrogen and oxygen atoms in total. The van der Waals surface area contributed by atoms with E-state index < -0.39 is 0 Å². The highest BCUT2D eigenvalue weighted by molar-refractivity contribution is 5.37. The zero-order valence-electron chi connectivity index (χ0n) is 9.86. The zero-order valence-corrected chi connectivity index (χ0v) is 9.86. The Morgan fingerprint density at radius 1 is 1.44 bits per heavy atom. The fourth-order valence-corrected chi connectivity index (χ4v) is 2.44. The standard InChI is InChI=1S/C14H20O2/c1-2-5-12(15)10-11-8-9-16-14-7-4-3-6-13(11)14/h3-4,6-7,11-12,15H,2,5,8-10H2,1H3. The van der Waals surface area contributed by atoms with Gasteiger partial charge in [-0.2, -0.15) is 0 Å². The molecule has 16 heavy (non-hydrogen) atoms. The second-order valence-corrected chi connectivity index (χ2v) is 4.55. The van der Waals surface area contributed by atoms with Crippen molar-refractivity contribution in [2.75, 3.05) is 6.61 Å². The van der Waals surface area contributed by atoms with Crippen molar-refractivity contribution in [2.24, 2.45) is 0 Å². The molecular formula is C14H20O2. The van der Waals surface area contributed by atoms with E-state index in [-0.39, 0.29) is 6.10 Å². The van der Waals surface area contributed by atoms with Gasteiger partial charge in [0, 0.05) is 0 Å². The topological polar surface area (TPSA) is 29.5 Å². The van der Waals surface area contributed by atoms with Crippen LogP contribution < -0.4 is 4.74 Å². The summed E-state index contributed by atoms with van der Waals surface area (Å²) in [4.78, 5) is 0. The SMILES string of the molecule is CCCC(O)CC1CCOc2ccccc21. The molecule has 1 aliphatic rings. The molecule has 0 aliphatic carbocycles. The number of benzene rings is 1. The molecule has 0 radical (unpaired) electrons. The van der Waals surface area contributed by atoms with Gasteiger partial charge in [-0.05, 0) is 36.8 Å². The molecule has 1 heterocycles. The molecule has 2 rings (SSSR count). The number of hydrogen-bond donors (Lipinski definition) is 1. The Labute approximate surface area is 97.3 Å². The molecule has 1 aromatic rings. The van der Waals surface area contributed by atoms with Gasteiger partial charge in [0.15, 0.2) is 0 Å². The summed E-state index contributed by atoms with van der Waals surface area (Å²) in [5.41, 5.74) is 1.27. The lowest BCUT2D eigenvalue weighted by atomic mass is 9.87. The summed E-state index contributed by atoms with van der Waals surface area (Å²) in [6.07, 6.45) is 3.68. The van der Waals surface area contributed by atoms with E-state index in [1.807, 2.05) is 18.2 Å². The molecule has 2 unspecified atom stereocenters. The van der Waals surface area contributed by atoms with E-state index in [9.17, 15) is 5.11 Å². The van der Waals surface area contributed by atoms with Crippen LogP contribution in [0.4, 0.5) is 0 Å². The second-order valence-electron chi connectivity index (χ2n) is 4.55. The number of aliphatic hydroxyl groups excluding tert-OH is 1. The van der Waals surface area contributed by atoms with Gasteiger partial charge in [0.2, 0.25) is 0 Å². The predicted octanol–water partition coefficient (Wildman–Crippen LogP) is 3.10. The lowest BCUT2D eigenvalue weighted by molar-refractivity contribution is 0.134. The average molecular weight is 220 g/mol. The van der Waals surface area contributed by atoms with Crippen LogP contribution in [0.1, 0.15) is 44.1 Å². The Kier molecular flexibility index (Phi) is 3.83. The number of fused-ring (bicyclic) bond motifs is 1. The van der Waals surface area contributed by atoms with Gasteiger partial charge >= 0.3 is 0 Å². The van der Waals surface area contributed by atoms with Crippen LogP contribution in [0.3, 0.4) is 0 Å². The van der Waals surface area contributed by atoms with Crippen molar-refractivity contribution >= 4 is 0 Å². The van der Waals surface area contributed by atoms with Gasteiger partial charge in [-0.15, -0.1) is 0 Å². The van der Waals surface area contributed by atoms with Crippen LogP contribution in [0, 0.1) is 0 Å². The normalized spacial score (nSPS) is 21.0. The quantitative estimate of drug-likeness (QED) is 0.844. The van der Waals surface area contributed by atoms with Crippen LogP contribution in [0.2, 0.25) is 0 Å². The van der Waals surface area contributed by atoms with Gasteiger partial charge in [-0.1, -0.05) is 31.5 Å². The molecule has 2 atom stereocenters. The van der Waals surface area contributed by atoms with Gasteiger partial charge in [0.1, 0.15) is 5.75 Å². The van der Waals surface area contributed by atoms with E-state index in [1.165, 1.54) is 5.56 Å². The van der Waals surface area contributed by atoms with Crippen LogP contribution >= 0.6 is 0 Å². The first-order chi connectivity index (χ1) is 7.81. The third kappa shape index (κ3) is 2.56. The van der Waals surface area contributed by atoms with Gasteiger partial charge in [0.05, 0.1) is 12.7 Å². The monoisotopic (exact) mass is 220 g/mol. The molecule has 0 amide bonds. The number of rotatable bonds is 4. The van der Waals surface area contributed by atoms with E-state index in [2.05, 4.69) is 13.0 Å². The molecule has 1 N–H and O–H groups in total. The predicted molar refractivity (Wildman–Crippen MR) is 64.8 cm³/mol. The molecule has 0 spiro atoms. The van der Waals surface area contributed by atoms with Crippen LogP contribution in [-0.2, 0) is 0 Å². The minimum absolute atomic E-state index is 0.166. The van der Waals surface area contributed by atoms with Crippen molar-refractivity contribution in [2.45, 2.75) is 44.6 Å².